The highest BCUT2D eigenvalue weighted by molar-refractivity contribution is 14.1. The number of aryl methyl sites for hydroxylation is 1. The molecule has 66 valence electrons. The van der Waals surface area contributed by atoms with Gasteiger partial charge in [0.15, 0.2) is 0 Å². The van der Waals surface area contributed by atoms with Gasteiger partial charge in [0.25, 0.3) is 0 Å². The molecule has 0 aliphatic carbocycles. The van der Waals surface area contributed by atoms with Gasteiger partial charge in [0.05, 0.1) is 22.9 Å². The van der Waals surface area contributed by atoms with E-state index in [0.29, 0.717) is 0 Å². The maximum Gasteiger partial charge on any atom is 0.122 e. The van der Waals surface area contributed by atoms with E-state index < -0.39 is 0 Å². The Bertz CT molecular complexity index is 516. The minimum Gasteiger partial charge on any atom is -0.280 e. The van der Waals surface area contributed by atoms with Crippen LogP contribution in [0.4, 0.5) is 0 Å². The molecular weight excluding hydrogens is 293 g/mol. The van der Waals surface area contributed by atoms with Gasteiger partial charge < -0.3 is 0 Å². The molecule has 2 rings (SSSR count). The molecule has 13 heavy (non-hydrogen) atoms. The van der Waals surface area contributed by atoms with Crippen molar-refractivity contribution in [2.45, 2.75) is 6.92 Å². The molecule has 0 unspecified atom stereocenters. The van der Waals surface area contributed by atoms with Gasteiger partial charge in [-0.15, -0.1) is 0 Å². The predicted molar refractivity (Wildman–Crippen MR) is 66.9 cm³/mol. The number of fused-ring (bicyclic) bond motifs is 1. The lowest BCUT2D eigenvalue weighted by atomic mass is 10.1. The number of hydrogen-bond acceptors (Lipinski definition) is 1. The van der Waals surface area contributed by atoms with Crippen LogP contribution in [-0.2, 0) is 0 Å². The average Bonchev–Trinajstić information content (AvgIpc) is 2.12. The van der Waals surface area contributed by atoms with Crippen molar-refractivity contribution in [1.82, 2.24) is 2.78 Å². The van der Waals surface area contributed by atoms with Crippen LogP contribution in [0.5, 0.6) is 0 Å². The van der Waals surface area contributed by atoms with E-state index in [9.17, 15) is 0 Å². The zero-order valence-corrected chi connectivity index (χ0v) is 10.1. The van der Waals surface area contributed by atoms with Gasteiger partial charge in [-0.2, -0.15) is 0 Å². The molecule has 0 spiro atoms. The number of aromatic nitrogens is 1. The highest BCUT2D eigenvalue weighted by atomic mass is 127. The third-order valence-electron chi connectivity index (χ3n) is 2.02. The van der Waals surface area contributed by atoms with Gasteiger partial charge in [-0.1, -0.05) is 36.0 Å². The van der Waals surface area contributed by atoms with Crippen LogP contribution < -0.4 is 0 Å². The van der Waals surface area contributed by atoms with Crippen molar-refractivity contribution in [2.75, 3.05) is 0 Å². The van der Waals surface area contributed by atoms with Gasteiger partial charge in [0, 0.05) is 11.6 Å². The summed E-state index contributed by atoms with van der Waals surface area (Å²) in [5, 5.41) is 2.37. The molecular formula is C10H8INS. The Labute approximate surface area is 95.9 Å². The van der Waals surface area contributed by atoms with E-state index in [1.165, 1.54) is 10.9 Å². The summed E-state index contributed by atoms with van der Waals surface area (Å²) in [6, 6.07) is 8.42. The highest BCUT2D eigenvalue weighted by Gasteiger charge is 1.96. The normalized spacial score (nSPS) is 10.6. The number of pyridine rings is 1. The van der Waals surface area contributed by atoms with Crippen molar-refractivity contribution in [2.24, 2.45) is 0 Å². The number of halogens is 1. The molecule has 2 aromatic rings. The first-order valence-electron chi connectivity index (χ1n) is 3.97. The molecule has 0 aliphatic rings. The molecule has 0 saturated heterocycles. The highest BCUT2D eigenvalue weighted by Crippen LogP contribution is 2.18. The van der Waals surface area contributed by atoms with Crippen LogP contribution in [0.15, 0.2) is 30.5 Å². The van der Waals surface area contributed by atoms with Crippen molar-refractivity contribution >= 4 is 45.9 Å². The molecule has 0 amide bonds. The number of benzene rings is 1. The van der Waals surface area contributed by atoms with Crippen molar-refractivity contribution in [3.05, 3.63) is 40.7 Å². The van der Waals surface area contributed by atoms with Crippen LogP contribution in [0, 0.1) is 11.6 Å². The minimum absolute atomic E-state index is 0.887. The quantitative estimate of drug-likeness (QED) is 0.528. The summed E-state index contributed by atoms with van der Waals surface area (Å²) in [5.74, 6) is 0. The Morgan fingerprint density at radius 3 is 2.85 bits per heavy atom. The fourth-order valence-electron chi connectivity index (χ4n) is 1.34. The van der Waals surface area contributed by atoms with E-state index in [1.807, 2.05) is 8.98 Å². The standard InChI is InChI=1S/C10H8INS/c1-7-2-3-9-8(6-7)4-5-12(11)10(9)13/h2-6H,1H3. The third-order valence-corrected chi connectivity index (χ3v) is 3.56. The van der Waals surface area contributed by atoms with Crippen LogP contribution in [0.25, 0.3) is 10.8 Å². The first-order valence-corrected chi connectivity index (χ1v) is 5.34. The Morgan fingerprint density at radius 2 is 2.08 bits per heavy atom. The van der Waals surface area contributed by atoms with E-state index in [-0.39, 0.29) is 0 Å². The Kier molecular flexibility index (Phi) is 2.38. The largest absolute Gasteiger partial charge is 0.280 e. The Morgan fingerprint density at radius 1 is 1.31 bits per heavy atom. The molecule has 0 radical (unpaired) electrons. The summed E-state index contributed by atoms with van der Waals surface area (Å²) in [5.41, 5.74) is 1.27. The van der Waals surface area contributed by atoms with Crippen LogP contribution in [0.3, 0.4) is 0 Å². The van der Waals surface area contributed by atoms with Crippen LogP contribution in [0.2, 0.25) is 0 Å². The SMILES string of the molecule is Cc1ccc2c(=S)n(I)ccc2c1. The Hall–Kier alpha value is -0.420. The Balaban J connectivity index is 2.95. The van der Waals surface area contributed by atoms with Gasteiger partial charge in [-0.25, -0.2) is 0 Å². The van der Waals surface area contributed by atoms with Gasteiger partial charge in [-0.05, 0) is 18.4 Å². The molecule has 0 fully saturated rings. The van der Waals surface area contributed by atoms with E-state index in [2.05, 4.69) is 54.1 Å². The monoisotopic (exact) mass is 301 g/mol. The minimum atomic E-state index is 0.887. The lowest BCUT2D eigenvalue weighted by Crippen LogP contribution is -1.85. The van der Waals surface area contributed by atoms with Crippen molar-refractivity contribution in [3.8, 4) is 0 Å². The fourth-order valence-corrected chi connectivity index (χ4v) is 2.01. The second kappa shape index (κ2) is 3.38. The van der Waals surface area contributed by atoms with Crippen molar-refractivity contribution < 1.29 is 0 Å². The topological polar surface area (TPSA) is 4.93 Å². The summed E-state index contributed by atoms with van der Waals surface area (Å²) >= 11 is 7.49. The molecule has 0 aliphatic heterocycles. The van der Waals surface area contributed by atoms with Gasteiger partial charge in [0.1, 0.15) is 4.64 Å². The molecule has 0 atom stereocenters. The fraction of sp³-hybridized carbons (Fsp3) is 0.100. The average molecular weight is 301 g/mol. The number of rotatable bonds is 0. The van der Waals surface area contributed by atoms with Gasteiger partial charge in [0.2, 0.25) is 0 Å². The smallest absolute Gasteiger partial charge is 0.122 e. The first-order chi connectivity index (χ1) is 6.18. The molecule has 3 heteroatoms. The lowest BCUT2D eigenvalue weighted by Gasteiger charge is -2.01. The molecule has 1 aromatic carbocycles. The van der Waals surface area contributed by atoms with Crippen molar-refractivity contribution in [3.63, 3.8) is 0 Å². The zero-order chi connectivity index (χ0) is 9.42. The molecule has 0 saturated carbocycles. The van der Waals surface area contributed by atoms with E-state index in [1.54, 1.807) is 0 Å². The van der Waals surface area contributed by atoms with E-state index >= 15 is 0 Å². The summed E-state index contributed by atoms with van der Waals surface area (Å²) < 4.78 is 2.82. The second-order valence-electron chi connectivity index (χ2n) is 3.02. The maximum absolute atomic E-state index is 5.29. The predicted octanol–water partition coefficient (Wildman–Crippen LogP) is 3.88. The molecule has 0 bridgehead atoms. The van der Waals surface area contributed by atoms with Crippen LogP contribution in [-0.4, -0.2) is 2.78 Å². The first kappa shape index (κ1) is 9.15. The summed E-state index contributed by atoms with van der Waals surface area (Å²) in [6.07, 6.45) is 1.99. The zero-order valence-electron chi connectivity index (χ0n) is 7.12. The van der Waals surface area contributed by atoms with E-state index in [4.69, 9.17) is 12.2 Å². The third kappa shape index (κ3) is 1.62. The molecule has 0 N–H and O–H groups in total. The number of nitrogens with zero attached hydrogens (tertiary/aromatic N) is 1. The molecule has 1 aromatic heterocycles. The second-order valence-corrected chi connectivity index (χ2v) is 4.45. The summed E-state index contributed by atoms with van der Waals surface area (Å²) in [4.78, 5) is 0. The van der Waals surface area contributed by atoms with Crippen LogP contribution >= 0.6 is 35.1 Å². The lowest BCUT2D eigenvalue weighted by molar-refractivity contribution is 1.29. The van der Waals surface area contributed by atoms with Crippen LogP contribution in [0.1, 0.15) is 5.56 Å². The molecule has 1 heterocycles. The molecule has 1 nitrogen and oxygen atoms in total. The van der Waals surface area contributed by atoms with Gasteiger partial charge in [-0.3, -0.25) is 2.78 Å². The summed E-state index contributed by atoms with van der Waals surface area (Å²) in [7, 11) is 0. The van der Waals surface area contributed by atoms with E-state index in [0.717, 1.165) is 10.0 Å². The summed E-state index contributed by atoms with van der Waals surface area (Å²) in [6.45, 7) is 2.09. The maximum atomic E-state index is 5.29. The van der Waals surface area contributed by atoms with Crippen molar-refractivity contribution in [1.29, 1.82) is 0 Å². The van der Waals surface area contributed by atoms with Gasteiger partial charge >= 0.3 is 0 Å². The number of hydrogen-bond donors (Lipinski definition) is 0.